The standard InChI is InChI=1S/C23H25NO/c25-21(13-6-4-11-19-9-2-1-3-10-19)17-16-20-12-5-7-14-22(20)23-15-8-18-24-23/h1-7,9-14,23-24H,8,15-18H2. The van der Waals surface area contributed by atoms with Crippen molar-refractivity contribution in [1.82, 2.24) is 5.32 Å². The third-order valence-electron chi connectivity index (χ3n) is 4.61. The Bertz CT molecular complexity index is 740. The van der Waals surface area contributed by atoms with Crippen molar-refractivity contribution in [2.24, 2.45) is 0 Å². The van der Waals surface area contributed by atoms with Gasteiger partial charge in [0.15, 0.2) is 5.78 Å². The van der Waals surface area contributed by atoms with Gasteiger partial charge in [0.1, 0.15) is 0 Å². The summed E-state index contributed by atoms with van der Waals surface area (Å²) in [7, 11) is 0. The molecule has 1 N–H and O–H groups in total. The maximum atomic E-state index is 12.1. The number of hydrogen-bond donors (Lipinski definition) is 1. The number of hydrogen-bond acceptors (Lipinski definition) is 2. The minimum Gasteiger partial charge on any atom is -0.310 e. The Morgan fingerprint density at radius 3 is 2.64 bits per heavy atom. The summed E-state index contributed by atoms with van der Waals surface area (Å²) in [5, 5.41) is 3.55. The van der Waals surface area contributed by atoms with Crippen molar-refractivity contribution in [2.45, 2.75) is 31.7 Å². The summed E-state index contributed by atoms with van der Waals surface area (Å²) in [4.78, 5) is 12.1. The van der Waals surface area contributed by atoms with Crippen LogP contribution in [-0.2, 0) is 11.2 Å². The van der Waals surface area contributed by atoms with E-state index in [1.165, 1.54) is 24.0 Å². The van der Waals surface area contributed by atoms with Gasteiger partial charge < -0.3 is 5.32 Å². The lowest BCUT2D eigenvalue weighted by atomic mass is 9.95. The quantitative estimate of drug-likeness (QED) is 0.578. The summed E-state index contributed by atoms with van der Waals surface area (Å²) < 4.78 is 0. The molecule has 0 aliphatic carbocycles. The Balaban J connectivity index is 1.52. The van der Waals surface area contributed by atoms with Crippen molar-refractivity contribution >= 4 is 11.9 Å². The highest BCUT2D eigenvalue weighted by Gasteiger charge is 2.18. The molecule has 1 aliphatic heterocycles. The van der Waals surface area contributed by atoms with E-state index < -0.39 is 0 Å². The van der Waals surface area contributed by atoms with Crippen LogP contribution in [0.3, 0.4) is 0 Å². The van der Waals surface area contributed by atoms with Gasteiger partial charge in [0.2, 0.25) is 0 Å². The van der Waals surface area contributed by atoms with Crippen LogP contribution in [-0.4, -0.2) is 12.3 Å². The summed E-state index contributed by atoms with van der Waals surface area (Å²) in [6, 6.07) is 19.1. The van der Waals surface area contributed by atoms with Crippen LogP contribution in [0.15, 0.2) is 72.8 Å². The molecule has 128 valence electrons. The highest BCUT2D eigenvalue weighted by atomic mass is 16.1. The Kier molecular flexibility index (Phi) is 6.35. The van der Waals surface area contributed by atoms with Crippen LogP contribution in [0.4, 0.5) is 0 Å². The Hall–Kier alpha value is -2.45. The van der Waals surface area contributed by atoms with Crippen LogP contribution < -0.4 is 5.32 Å². The molecule has 25 heavy (non-hydrogen) atoms. The number of aryl methyl sites for hydroxylation is 1. The molecule has 0 bridgehead atoms. The van der Waals surface area contributed by atoms with Crippen LogP contribution in [0.5, 0.6) is 0 Å². The number of carbonyl (C=O) groups is 1. The molecule has 0 aromatic heterocycles. The molecule has 1 atom stereocenters. The fraction of sp³-hybridized carbons (Fsp3) is 0.261. The average Bonchev–Trinajstić information content (AvgIpc) is 3.19. The first kappa shape index (κ1) is 17.4. The van der Waals surface area contributed by atoms with Crippen LogP contribution in [0.2, 0.25) is 0 Å². The number of ketones is 1. The molecule has 1 heterocycles. The predicted molar refractivity (Wildman–Crippen MR) is 104 cm³/mol. The molecule has 2 aromatic rings. The zero-order valence-corrected chi connectivity index (χ0v) is 14.5. The lowest BCUT2D eigenvalue weighted by molar-refractivity contribution is -0.114. The zero-order valence-electron chi connectivity index (χ0n) is 14.5. The SMILES string of the molecule is O=C(C=CC=Cc1ccccc1)CCc1ccccc1C1CCCN1. The molecule has 2 aromatic carbocycles. The lowest BCUT2D eigenvalue weighted by Gasteiger charge is -2.15. The summed E-state index contributed by atoms with van der Waals surface area (Å²) in [5.74, 6) is 0.173. The molecular weight excluding hydrogens is 306 g/mol. The number of nitrogens with one attached hydrogen (secondary N) is 1. The second-order valence-electron chi connectivity index (χ2n) is 6.44. The molecule has 1 aliphatic rings. The fourth-order valence-electron chi connectivity index (χ4n) is 3.29. The second kappa shape index (κ2) is 9.14. The van der Waals surface area contributed by atoms with E-state index in [9.17, 15) is 4.79 Å². The van der Waals surface area contributed by atoms with E-state index in [1.807, 2.05) is 48.6 Å². The Morgan fingerprint density at radius 2 is 1.84 bits per heavy atom. The van der Waals surface area contributed by atoms with Gasteiger partial charge in [-0.25, -0.2) is 0 Å². The van der Waals surface area contributed by atoms with Crippen molar-refractivity contribution in [3.8, 4) is 0 Å². The van der Waals surface area contributed by atoms with Crippen molar-refractivity contribution in [1.29, 1.82) is 0 Å². The molecule has 2 heteroatoms. The summed E-state index contributed by atoms with van der Waals surface area (Å²) in [6.07, 6.45) is 11.2. The zero-order chi connectivity index (χ0) is 17.3. The molecule has 2 nitrogen and oxygen atoms in total. The monoisotopic (exact) mass is 331 g/mol. The Morgan fingerprint density at radius 1 is 1.04 bits per heavy atom. The first-order valence-electron chi connectivity index (χ1n) is 9.07. The molecule has 3 rings (SSSR count). The van der Waals surface area contributed by atoms with Crippen molar-refractivity contribution in [2.75, 3.05) is 6.54 Å². The van der Waals surface area contributed by atoms with E-state index in [0.717, 1.165) is 18.5 Å². The van der Waals surface area contributed by atoms with Gasteiger partial charge in [0.25, 0.3) is 0 Å². The van der Waals surface area contributed by atoms with Crippen molar-refractivity contribution in [3.63, 3.8) is 0 Å². The van der Waals surface area contributed by atoms with Crippen LogP contribution >= 0.6 is 0 Å². The molecule has 0 radical (unpaired) electrons. The average molecular weight is 331 g/mol. The lowest BCUT2D eigenvalue weighted by Crippen LogP contribution is -2.15. The van der Waals surface area contributed by atoms with Gasteiger partial charge in [-0.3, -0.25) is 4.79 Å². The van der Waals surface area contributed by atoms with Gasteiger partial charge in [-0.15, -0.1) is 0 Å². The third kappa shape index (κ3) is 5.27. The van der Waals surface area contributed by atoms with E-state index in [4.69, 9.17) is 0 Å². The second-order valence-corrected chi connectivity index (χ2v) is 6.44. The van der Waals surface area contributed by atoms with Gasteiger partial charge in [0.05, 0.1) is 0 Å². The number of rotatable bonds is 7. The van der Waals surface area contributed by atoms with Crippen LogP contribution in [0, 0.1) is 0 Å². The summed E-state index contributed by atoms with van der Waals surface area (Å²) in [6.45, 7) is 1.09. The fourth-order valence-corrected chi connectivity index (χ4v) is 3.29. The van der Waals surface area contributed by atoms with Gasteiger partial charge in [-0.2, -0.15) is 0 Å². The molecule has 0 amide bonds. The third-order valence-corrected chi connectivity index (χ3v) is 4.61. The Labute approximate surface area is 150 Å². The maximum absolute atomic E-state index is 12.1. The minimum absolute atomic E-state index is 0.173. The predicted octanol–water partition coefficient (Wildman–Crippen LogP) is 4.88. The van der Waals surface area contributed by atoms with E-state index in [1.54, 1.807) is 6.08 Å². The van der Waals surface area contributed by atoms with Crippen molar-refractivity contribution in [3.05, 3.63) is 89.5 Å². The van der Waals surface area contributed by atoms with Gasteiger partial charge >= 0.3 is 0 Å². The van der Waals surface area contributed by atoms with Crippen LogP contribution in [0.25, 0.3) is 6.08 Å². The summed E-state index contributed by atoms with van der Waals surface area (Å²) in [5.41, 5.74) is 3.79. The largest absolute Gasteiger partial charge is 0.310 e. The van der Waals surface area contributed by atoms with Gasteiger partial charge in [-0.1, -0.05) is 72.8 Å². The molecule has 1 unspecified atom stereocenters. The van der Waals surface area contributed by atoms with E-state index in [0.29, 0.717) is 12.5 Å². The van der Waals surface area contributed by atoms with Crippen LogP contribution in [0.1, 0.15) is 42.0 Å². The first-order chi connectivity index (χ1) is 12.3. The highest BCUT2D eigenvalue weighted by Crippen LogP contribution is 2.26. The summed E-state index contributed by atoms with van der Waals surface area (Å²) >= 11 is 0. The molecule has 0 saturated carbocycles. The maximum Gasteiger partial charge on any atom is 0.156 e. The van der Waals surface area contributed by atoms with E-state index in [-0.39, 0.29) is 5.78 Å². The topological polar surface area (TPSA) is 29.1 Å². The first-order valence-corrected chi connectivity index (χ1v) is 9.07. The smallest absolute Gasteiger partial charge is 0.156 e. The normalized spacial score (nSPS) is 17.5. The van der Waals surface area contributed by atoms with Crippen molar-refractivity contribution < 1.29 is 4.79 Å². The molecule has 1 fully saturated rings. The minimum atomic E-state index is 0.173. The van der Waals surface area contributed by atoms with Gasteiger partial charge in [0, 0.05) is 12.5 Å². The number of carbonyl (C=O) groups excluding carboxylic acids is 1. The number of allylic oxidation sites excluding steroid dienone is 3. The molecule has 0 spiro atoms. The van der Waals surface area contributed by atoms with E-state index in [2.05, 4.69) is 29.6 Å². The van der Waals surface area contributed by atoms with Gasteiger partial charge in [-0.05, 0) is 48.6 Å². The van der Waals surface area contributed by atoms with E-state index >= 15 is 0 Å². The highest BCUT2D eigenvalue weighted by molar-refractivity contribution is 5.90. The molecular formula is C23H25NO. The molecule has 1 saturated heterocycles. The number of benzene rings is 2.